The molecule has 412 valence electrons. The molecular weight excluding hydrogens is 1050 g/mol. The lowest BCUT2D eigenvalue weighted by molar-refractivity contribution is -0.197. The van der Waals surface area contributed by atoms with Crippen molar-refractivity contribution in [2.24, 2.45) is 0 Å². The van der Waals surface area contributed by atoms with Crippen LogP contribution in [0.25, 0.3) is 22.3 Å². The van der Waals surface area contributed by atoms with E-state index in [1.165, 1.54) is 100 Å². The summed E-state index contributed by atoms with van der Waals surface area (Å²) < 4.78 is 77.8. The zero-order chi connectivity index (χ0) is 55.7. The van der Waals surface area contributed by atoms with Crippen molar-refractivity contribution in [1.29, 1.82) is 0 Å². The first kappa shape index (κ1) is 55.8. The highest BCUT2D eigenvalue weighted by atomic mass is 32.2. The lowest BCUT2D eigenvalue weighted by Crippen LogP contribution is -2.42. The Bertz CT molecular complexity index is 3400. The van der Waals surface area contributed by atoms with Crippen molar-refractivity contribution in [1.82, 2.24) is 58.3 Å². The summed E-state index contributed by atoms with van der Waals surface area (Å²) in [6, 6.07) is 10.1. The van der Waals surface area contributed by atoms with Gasteiger partial charge in [0.15, 0.2) is 64.4 Å². The number of carbonyl (C=O) groups excluding carboxylic acids is 4. The average Bonchev–Trinajstić information content (AvgIpc) is 4.39. The summed E-state index contributed by atoms with van der Waals surface area (Å²) in [5.74, 6) is -1.63. The number of aliphatic hydroxyl groups excluding tert-OH is 2. The predicted molar refractivity (Wildman–Crippen MR) is 272 cm³/mol. The number of benzene rings is 2. The molecule has 0 spiro atoms. The molecule has 2 aromatic carbocycles. The number of fused-ring (bicyclic) bond motifs is 3. The Morgan fingerprint density at radius 2 is 1.00 bits per heavy atom. The number of sulfonamides is 2. The minimum absolute atomic E-state index is 0.0429. The van der Waals surface area contributed by atoms with Crippen molar-refractivity contribution in [2.45, 2.75) is 92.4 Å². The van der Waals surface area contributed by atoms with Crippen LogP contribution in [-0.4, -0.2) is 182 Å². The van der Waals surface area contributed by atoms with Crippen LogP contribution >= 0.6 is 0 Å². The summed E-state index contributed by atoms with van der Waals surface area (Å²) >= 11 is 0. The molecule has 0 saturated carbocycles. The van der Waals surface area contributed by atoms with Crippen LogP contribution in [0.3, 0.4) is 0 Å². The van der Waals surface area contributed by atoms with Crippen LogP contribution in [-0.2, 0) is 48.6 Å². The molecule has 3 saturated heterocycles. The van der Waals surface area contributed by atoms with E-state index in [4.69, 9.17) is 18.9 Å². The molecule has 0 aliphatic carbocycles. The van der Waals surface area contributed by atoms with Crippen LogP contribution in [0.2, 0.25) is 0 Å². The lowest BCUT2D eigenvalue weighted by atomic mass is 10.1. The number of amides is 6. The maximum atomic E-state index is 12.7. The standard InChI is InChI=1S/C24H30N8O7S.C21H26N8O7S/c1-6-25-21(33)17-16-18(39-24(2,3)38-16)22(37-17)32-12-28-15-19(26-11-27-20(15)32)30-23(34)29-13-7-9-14(10-8-13)40(35,36)31(4)5;1-4-22-19(32)16-14(30)15(31)20(36-16)29-10-25-13-17(23-9-24-18(13)29)27-21(33)26-11-5-7-12(8-6-11)37(34,35)28(2)3/h7-12,16-18,22H,6H2,1-5H3,(H,25,33)(H2,26,27,29,30,34);5-10,14-16,20,30-31H,4H2,1-3H3,(H,22,32)(H2,23,24,26,27,33)/t16-,17+,18-,22-;14-,15+,16-,20+/m10/s1. The van der Waals surface area contributed by atoms with Crippen LogP contribution < -0.4 is 31.9 Å². The van der Waals surface area contributed by atoms with Gasteiger partial charge in [-0.3, -0.25) is 29.4 Å². The van der Waals surface area contributed by atoms with Crippen molar-refractivity contribution in [2.75, 3.05) is 62.5 Å². The van der Waals surface area contributed by atoms with Crippen molar-refractivity contribution in [3.63, 3.8) is 0 Å². The van der Waals surface area contributed by atoms with Gasteiger partial charge in [-0.05, 0) is 76.2 Å². The van der Waals surface area contributed by atoms with Crippen molar-refractivity contribution < 1.29 is 65.2 Å². The first-order valence-corrected chi connectivity index (χ1v) is 26.5. The Hall–Kier alpha value is -7.40. The van der Waals surface area contributed by atoms with E-state index in [0.717, 1.165) is 14.9 Å². The van der Waals surface area contributed by atoms with Gasteiger partial charge in [0.1, 0.15) is 37.1 Å². The third kappa shape index (κ3) is 11.5. The molecule has 0 radical (unpaired) electrons. The number of carbonyl (C=O) groups is 4. The van der Waals surface area contributed by atoms with E-state index < -0.39 is 92.9 Å². The second-order valence-electron chi connectivity index (χ2n) is 18.1. The third-order valence-electron chi connectivity index (χ3n) is 12.0. The predicted octanol–water partition coefficient (Wildman–Crippen LogP) is 0.750. The van der Waals surface area contributed by atoms with E-state index >= 15 is 0 Å². The average molecular weight is 1110 g/mol. The smallest absolute Gasteiger partial charge is 0.324 e. The van der Waals surface area contributed by atoms with Gasteiger partial charge in [-0.2, -0.15) is 0 Å². The Kier molecular flexibility index (Phi) is 16.2. The molecule has 0 bridgehead atoms. The number of nitrogens with one attached hydrogen (secondary N) is 6. The molecule has 3 aliphatic heterocycles. The first-order valence-electron chi connectivity index (χ1n) is 23.6. The van der Waals surface area contributed by atoms with Gasteiger partial charge < -0.3 is 50.4 Å². The Labute approximate surface area is 440 Å². The van der Waals surface area contributed by atoms with E-state index in [-0.39, 0.29) is 44.0 Å². The highest BCUT2D eigenvalue weighted by Crippen LogP contribution is 2.44. The molecule has 4 aromatic heterocycles. The number of anilines is 4. The molecule has 30 nitrogen and oxygen atoms in total. The monoisotopic (exact) mass is 1110 g/mol. The number of hydrogen-bond acceptors (Lipinski definition) is 20. The molecule has 32 heteroatoms. The van der Waals surface area contributed by atoms with Crippen molar-refractivity contribution in [3.8, 4) is 0 Å². The van der Waals surface area contributed by atoms with Crippen LogP contribution in [0.5, 0.6) is 0 Å². The summed E-state index contributed by atoms with van der Waals surface area (Å²) in [6.07, 6.45) is -3.13. The largest absolute Gasteiger partial charge is 0.387 e. The molecule has 9 rings (SSSR count). The Balaban J connectivity index is 0.000000204. The van der Waals surface area contributed by atoms with E-state index in [1.807, 2.05) is 6.92 Å². The van der Waals surface area contributed by atoms with Crippen molar-refractivity contribution >= 4 is 89.3 Å². The third-order valence-corrected chi connectivity index (χ3v) is 15.7. The molecule has 6 amide bonds. The van der Waals surface area contributed by atoms with Gasteiger partial charge >= 0.3 is 12.1 Å². The Morgan fingerprint density at radius 3 is 1.44 bits per heavy atom. The molecule has 8 N–H and O–H groups in total. The normalized spacial score (nSPS) is 22.8. The minimum atomic E-state index is -3.61. The number of likely N-dealkylation sites (N-methyl/N-ethyl adjacent to an activating group) is 2. The molecule has 8 atom stereocenters. The number of aromatic nitrogens is 8. The van der Waals surface area contributed by atoms with Gasteiger partial charge in [0.05, 0.1) is 22.4 Å². The fourth-order valence-corrected chi connectivity index (χ4v) is 10.1. The van der Waals surface area contributed by atoms with Gasteiger partial charge in [-0.1, -0.05) is 0 Å². The fourth-order valence-electron chi connectivity index (χ4n) is 8.31. The zero-order valence-corrected chi connectivity index (χ0v) is 44.2. The number of hydrogen-bond donors (Lipinski definition) is 8. The molecule has 77 heavy (non-hydrogen) atoms. The first-order chi connectivity index (χ1) is 36.4. The number of imidazole rings is 2. The number of urea groups is 2. The minimum Gasteiger partial charge on any atom is -0.387 e. The van der Waals surface area contributed by atoms with Crippen LogP contribution in [0.1, 0.15) is 40.2 Å². The summed E-state index contributed by atoms with van der Waals surface area (Å²) in [4.78, 5) is 75.5. The van der Waals surface area contributed by atoms with E-state index in [0.29, 0.717) is 30.1 Å². The molecule has 6 aromatic rings. The number of nitrogens with zero attached hydrogens (tertiary/aromatic N) is 10. The van der Waals surface area contributed by atoms with E-state index in [9.17, 15) is 46.2 Å². The quantitative estimate of drug-likeness (QED) is 0.0746. The lowest BCUT2D eigenvalue weighted by Gasteiger charge is -2.24. The van der Waals surface area contributed by atoms with E-state index in [1.54, 1.807) is 25.3 Å². The van der Waals surface area contributed by atoms with Gasteiger partial charge in [0, 0.05) is 52.7 Å². The summed E-state index contributed by atoms with van der Waals surface area (Å²) in [5.41, 5.74) is 1.67. The zero-order valence-electron chi connectivity index (χ0n) is 42.5. The van der Waals surface area contributed by atoms with Gasteiger partial charge in [-0.15, -0.1) is 0 Å². The van der Waals surface area contributed by atoms with Crippen LogP contribution in [0.15, 0.2) is 83.6 Å². The summed E-state index contributed by atoms with van der Waals surface area (Å²) in [6.45, 7) is 7.81. The second-order valence-corrected chi connectivity index (χ2v) is 22.4. The van der Waals surface area contributed by atoms with Crippen LogP contribution in [0, 0.1) is 0 Å². The molecular formula is C45H56N16O14S2. The van der Waals surface area contributed by atoms with Crippen molar-refractivity contribution in [3.05, 3.63) is 73.8 Å². The van der Waals surface area contributed by atoms with Gasteiger partial charge in [0.2, 0.25) is 20.0 Å². The van der Waals surface area contributed by atoms with E-state index in [2.05, 4.69) is 61.8 Å². The molecule has 3 aliphatic rings. The maximum absolute atomic E-state index is 12.7. The maximum Gasteiger partial charge on any atom is 0.324 e. The summed E-state index contributed by atoms with van der Waals surface area (Å²) in [7, 11) is -1.49. The second kappa shape index (κ2) is 22.3. The molecule has 0 unspecified atom stereocenters. The highest BCUT2D eigenvalue weighted by molar-refractivity contribution is 7.89. The number of rotatable bonds is 14. The molecule has 3 fully saturated rings. The topological polar surface area (TPSA) is 380 Å². The Morgan fingerprint density at radius 1 is 0.584 bits per heavy atom. The molecule has 7 heterocycles. The highest BCUT2D eigenvalue weighted by Gasteiger charge is 2.58. The SMILES string of the molecule is CCNC(=O)[C@H]1O[C@@H](n2cnc3c(NC(=O)Nc4ccc(S(=O)(=O)N(C)C)cc4)ncnc32)[C@@H]2OC(C)(C)O[C@@H]21.CCNC(=O)[C@H]1O[C@@H](n2cnc3c(NC(=O)Nc4ccc(S(=O)(=O)N(C)C)cc4)ncnc32)[C@H](O)[C@@H]1O. The number of aliphatic hydroxyl groups is 2. The van der Waals surface area contributed by atoms with Crippen LogP contribution in [0.4, 0.5) is 32.6 Å². The number of ether oxygens (including phenoxy) is 4. The van der Waals surface area contributed by atoms with Gasteiger partial charge in [0.25, 0.3) is 11.8 Å². The van der Waals surface area contributed by atoms with Gasteiger partial charge in [-0.25, -0.2) is 64.9 Å². The fraction of sp³-hybridized carbons (Fsp3) is 0.422. The summed E-state index contributed by atoms with van der Waals surface area (Å²) in [5, 5.41) is 36.5.